The Kier molecular flexibility index (Phi) is 7.04. The molecular formula is C22H24FN5O5. The number of nitrogens with one attached hydrogen (secondary N) is 2. The molecule has 1 heterocycles. The van der Waals surface area contributed by atoms with Crippen LogP contribution in [0, 0.1) is 11.2 Å². The SMILES string of the molecule is CN(C)C(=O)c1cc(N2CCOC(C(O)C(=O)Nc3ccc(C(=N)N)cc3)C2=O)ccc1F. The van der Waals surface area contributed by atoms with Crippen LogP contribution in [0.5, 0.6) is 0 Å². The third kappa shape index (κ3) is 5.16. The standard InChI is InChI=1S/C22H24FN5O5/c1-27(2)21(31)15-11-14(7-8-16(15)23)28-9-10-33-18(22(28)32)17(29)20(30)26-13-5-3-12(4-6-13)19(24)25/h3-8,11,17-18,29H,9-10H2,1-2H3,(H3,24,25)(H,26,30). The van der Waals surface area contributed by atoms with Gasteiger partial charge in [0.25, 0.3) is 17.7 Å². The van der Waals surface area contributed by atoms with Gasteiger partial charge in [-0.1, -0.05) is 0 Å². The summed E-state index contributed by atoms with van der Waals surface area (Å²) in [5.74, 6) is -3.00. The van der Waals surface area contributed by atoms with Crippen molar-refractivity contribution in [2.45, 2.75) is 12.2 Å². The highest BCUT2D eigenvalue weighted by atomic mass is 19.1. The molecule has 2 aromatic carbocycles. The predicted octanol–water partition coefficient (Wildman–Crippen LogP) is 0.543. The summed E-state index contributed by atoms with van der Waals surface area (Å²) in [6.07, 6.45) is -3.32. The Labute approximate surface area is 189 Å². The molecule has 1 saturated heterocycles. The number of aliphatic hydroxyl groups is 1. The number of amides is 3. The molecule has 1 fully saturated rings. The number of hydrogen-bond acceptors (Lipinski definition) is 6. The summed E-state index contributed by atoms with van der Waals surface area (Å²) in [4.78, 5) is 40.1. The third-order valence-corrected chi connectivity index (χ3v) is 5.04. The van der Waals surface area contributed by atoms with Gasteiger partial charge in [0.05, 0.1) is 12.2 Å². The lowest BCUT2D eigenvalue weighted by atomic mass is 10.1. The van der Waals surface area contributed by atoms with Crippen molar-refractivity contribution < 1.29 is 28.6 Å². The first-order valence-corrected chi connectivity index (χ1v) is 9.97. The molecule has 33 heavy (non-hydrogen) atoms. The molecule has 1 aliphatic rings. The quantitative estimate of drug-likeness (QED) is 0.368. The van der Waals surface area contributed by atoms with Gasteiger partial charge in [0.2, 0.25) is 0 Å². The number of carbonyl (C=O) groups excluding carboxylic acids is 3. The second-order valence-corrected chi connectivity index (χ2v) is 7.57. The van der Waals surface area contributed by atoms with Crippen LogP contribution in [-0.2, 0) is 14.3 Å². The monoisotopic (exact) mass is 457 g/mol. The Hall–Kier alpha value is -3.83. The summed E-state index contributed by atoms with van der Waals surface area (Å²) >= 11 is 0. The summed E-state index contributed by atoms with van der Waals surface area (Å²) in [6, 6.07) is 9.71. The third-order valence-electron chi connectivity index (χ3n) is 5.04. The second-order valence-electron chi connectivity index (χ2n) is 7.57. The molecule has 174 valence electrons. The summed E-state index contributed by atoms with van der Waals surface area (Å²) in [7, 11) is 2.96. The van der Waals surface area contributed by atoms with Crippen LogP contribution < -0.4 is 16.0 Å². The average Bonchev–Trinajstić information content (AvgIpc) is 2.79. The molecule has 11 heteroatoms. The molecule has 0 saturated carbocycles. The Bertz CT molecular complexity index is 1090. The number of nitrogen functional groups attached to an aromatic ring is 1. The van der Waals surface area contributed by atoms with E-state index >= 15 is 0 Å². The van der Waals surface area contributed by atoms with E-state index in [1.807, 2.05) is 0 Å². The van der Waals surface area contributed by atoms with Crippen molar-refractivity contribution in [1.82, 2.24) is 4.90 Å². The Morgan fingerprint density at radius 1 is 1.27 bits per heavy atom. The minimum atomic E-state index is -1.82. The van der Waals surface area contributed by atoms with Crippen LogP contribution in [0.1, 0.15) is 15.9 Å². The number of halogens is 1. The fraction of sp³-hybridized carbons (Fsp3) is 0.273. The van der Waals surface area contributed by atoms with Crippen molar-refractivity contribution in [3.8, 4) is 0 Å². The lowest BCUT2D eigenvalue weighted by molar-refractivity contribution is -0.150. The van der Waals surface area contributed by atoms with Crippen molar-refractivity contribution in [2.75, 3.05) is 37.5 Å². The smallest absolute Gasteiger partial charge is 0.259 e. The van der Waals surface area contributed by atoms with Crippen LogP contribution in [-0.4, -0.2) is 73.0 Å². The maximum Gasteiger partial charge on any atom is 0.259 e. The fourth-order valence-electron chi connectivity index (χ4n) is 3.26. The van der Waals surface area contributed by atoms with E-state index in [-0.39, 0.29) is 30.2 Å². The molecule has 3 rings (SSSR count). The minimum absolute atomic E-state index is 0.0163. The topological polar surface area (TPSA) is 149 Å². The number of benzene rings is 2. The van der Waals surface area contributed by atoms with E-state index in [0.29, 0.717) is 11.3 Å². The molecule has 2 atom stereocenters. The highest BCUT2D eigenvalue weighted by molar-refractivity contribution is 6.05. The van der Waals surface area contributed by atoms with Gasteiger partial charge in [-0.15, -0.1) is 0 Å². The van der Waals surface area contributed by atoms with E-state index in [1.165, 1.54) is 60.3 Å². The Balaban J connectivity index is 1.75. The highest BCUT2D eigenvalue weighted by Gasteiger charge is 2.39. The van der Waals surface area contributed by atoms with Crippen molar-refractivity contribution in [3.63, 3.8) is 0 Å². The molecule has 2 aromatic rings. The lowest BCUT2D eigenvalue weighted by Crippen LogP contribution is -2.55. The van der Waals surface area contributed by atoms with Crippen LogP contribution >= 0.6 is 0 Å². The van der Waals surface area contributed by atoms with Gasteiger partial charge in [-0.3, -0.25) is 19.8 Å². The van der Waals surface area contributed by atoms with E-state index in [0.717, 1.165) is 6.07 Å². The second kappa shape index (κ2) is 9.76. The summed E-state index contributed by atoms with van der Waals surface area (Å²) < 4.78 is 19.5. The number of anilines is 2. The number of hydrogen-bond donors (Lipinski definition) is 4. The van der Waals surface area contributed by atoms with Crippen molar-refractivity contribution in [3.05, 3.63) is 59.4 Å². The first-order chi connectivity index (χ1) is 15.6. The molecule has 10 nitrogen and oxygen atoms in total. The van der Waals surface area contributed by atoms with E-state index in [2.05, 4.69) is 5.32 Å². The lowest BCUT2D eigenvalue weighted by Gasteiger charge is -2.34. The average molecular weight is 457 g/mol. The molecule has 2 unspecified atom stereocenters. The predicted molar refractivity (Wildman–Crippen MR) is 119 cm³/mol. The molecule has 0 spiro atoms. The van der Waals surface area contributed by atoms with Crippen LogP contribution in [0.4, 0.5) is 15.8 Å². The first-order valence-electron chi connectivity index (χ1n) is 9.97. The zero-order chi connectivity index (χ0) is 24.3. The maximum absolute atomic E-state index is 14.1. The number of carbonyl (C=O) groups is 3. The van der Waals surface area contributed by atoms with Crippen LogP contribution in [0.2, 0.25) is 0 Å². The number of amidine groups is 1. The Morgan fingerprint density at radius 3 is 2.55 bits per heavy atom. The number of rotatable bonds is 6. The Morgan fingerprint density at radius 2 is 1.94 bits per heavy atom. The number of nitrogens with two attached hydrogens (primary N) is 1. The summed E-state index contributed by atoms with van der Waals surface area (Å²) in [5.41, 5.74) is 6.21. The maximum atomic E-state index is 14.1. The molecule has 3 amide bonds. The van der Waals surface area contributed by atoms with Gasteiger partial charge in [-0.25, -0.2) is 4.39 Å². The van der Waals surface area contributed by atoms with Gasteiger partial charge in [-0.05, 0) is 42.5 Å². The van der Waals surface area contributed by atoms with Crippen molar-refractivity contribution >= 4 is 34.9 Å². The molecule has 0 bridgehead atoms. The molecule has 1 aliphatic heterocycles. The van der Waals surface area contributed by atoms with Crippen LogP contribution in [0.15, 0.2) is 42.5 Å². The van der Waals surface area contributed by atoms with E-state index in [1.54, 1.807) is 0 Å². The molecular weight excluding hydrogens is 433 g/mol. The zero-order valence-corrected chi connectivity index (χ0v) is 18.0. The zero-order valence-electron chi connectivity index (χ0n) is 18.0. The number of ether oxygens (including phenoxy) is 1. The molecule has 5 N–H and O–H groups in total. The van der Waals surface area contributed by atoms with Gasteiger partial charge in [0.15, 0.2) is 12.2 Å². The van der Waals surface area contributed by atoms with Crippen molar-refractivity contribution in [2.24, 2.45) is 5.73 Å². The van der Waals surface area contributed by atoms with Gasteiger partial charge in [0, 0.05) is 37.6 Å². The van der Waals surface area contributed by atoms with Gasteiger partial charge in [0.1, 0.15) is 11.7 Å². The number of nitrogens with zero attached hydrogens (tertiary/aromatic N) is 2. The fourth-order valence-corrected chi connectivity index (χ4v) is 3.26. The molecule has 0 radical (unpaired) electrons. The summed E-state index contributed by atoms with van der Waals surface area (Å²) in [6.45, 7) is 0.111. The van der Waals surface area contributed by atoms with E-state index in [4.69, 9.17) is 15.9 Å². The number of aliphatic hydroxyl groups excluding tert-OH is 1. The van der Waals surface area contributed by atoms with Crippen LogP contribution in [0.3, 0.4) is 0 Å². The number of morpholine rings is 1. The highest BCUT2D eigenvalue weighted by Crippen LogP contribution is 2.24. The molecule has 0 aliphatic carbocycles. The van der Waals surface area contributed by atoms with Gasteiger partial charge >= 0.3 is 0 Å². The summed E-state index contributed by atoms with van der Waals surface area (Å²) in [5, 5.41) is 20.3. The molecule has 0 aromatic heterocycles. The normalized spacial score (nSPS) is 16.8. The van der Waals surface area contributed by atoms with E-state index < -0.39 is 35.7 Å². The first kappa shape index (κ1) is 23.8. The van der Waals surface area contributed by atoms with Crippen LogP contribution in [0.25, 0.3) is 0 Å². The minimum Gasteiger partial charge on any atom is -0.384 e. The van der Waals surface area contributed by atoms with Gasteiger partial charge < -0.3 is 30.7 Å². The van der Waals surface area contributed by atoms with Gasteiger partial charge in [-0.2, -0.15) is 0 Å². The largest absolute Gasteiger partial charge is 0.384 e. The van der Waals surface area contributed by atoms with E-state index in [9.17, 15) is 23.9 Å². The van der Waals surface area contributed by atoms with Crippen molar-refractivity contribution in [1.29, 1.82) is 5.41 Å².